The summed E-state index contributed by atoms with van der Waals surface area (Å²) in [5, 5.41) is 0.0411. The maximum atomic E-state index is 12.8. The maximum absolute atomic E-state index is 12.8. The summed E-state index contributed by atoms with van der Waals surface area (Å²) in [6.07, 6.45) is 4.09. The molecule has 0 saturated heterocycles. The highest BCUT2D eigenvalue weighted by molar-refractivity contribution is 8.13. The fourth-order valence-electron chi connectivity index (χ4n) is 1.14. The van der Waals surface area contributed by atoms with Crippen molar-refractivity contribution in [2.45, 2.75) is 6.92 Å². The summed E-state index contributed by atoms with van der Waals surface area (Å²) in [7, 11) is 0. The van der Waals surface area contributed by atoms with Gasteiger partial charge in [0, 0.05) is 18.2 Å². The van der Waals surface area contributed by atoms with E-state index in [1.807, 2.05) is 0 Å². The number of carbonyl (C=O) groups is 2. The lowest BCUT2D eigenvalue weighted by Crippen LogP contribution is -1.88. The van der Waals surface area contributed by atoms with Crippen molar-refractivity contribution < 1.29 is 14.0 Å². The van der Waals surface area contributed by atoms with Crippen molar-refractivity contribution in [3.63, 3.8) is 0 Å². The lowest BCUT2D eigenvalue weighted by atomic mass is 10.1. The van der Waals surface area contributed by atoms with Gasteiger partial charge in [0.15, 0.2) is 11.4 Å². The molecule has 0 amide bonds. The lowest BCUT2D eigenvalue weighted by Gasteiger charge is -1.98. The smallest absolute Gasteiger partial charge is 0.186 e. The average molecular weight is 238 g/mol. The van der Waals surface area contributed by atoms with Gasteiger partial charge in [-0.05, 0) is 17.7 Å². The van der Waals surface area contributed by atoms with Crippen LogP contribution in [0.3, 0.4) is 0 Å². The SMILES string of the molecule is CC(=O)SCC=Cc1ccc(F)cc1C=O. The first-order valence-electron chi connectivity index (χ1n) is 4.68. The minimum absolute atomic E-state index is 0.0411. The summed E-state index contributed by atoms with van der Waals surface area (Å²) in [5.41, 5.74) is 0.963. The zero-order valence-electron chi connectivity index (χ0n) is 8.77. The Labute approximate surface area is 97.5 Å². The molecule has 84 valence electrons. The van der Waals surface area contributed by atoms with Crippen molar-refractivity contribution in [3.05, 3.63) is 41.2 Å². The van der Waals surface area contributed by atoms with Gasteiger partial charge in [-0.1, -0.05) is 30.0 Å². The standard InChI is InChI=1S/C12H11FO2S/c1-9(15)16-6-2-3-10-4-5-12(13)7-11(10)8-14/h2-5,7-8H,6H2,1H3. The Morgan fingerprint density at radius 3 is 2.81 bits per heavy atom. The van der Waals surface area contributed by atoms with Gasteiger partial charge in [0.2, 0.25) is 0 Å². The molecule has 0 aliphatic rings. The molecule has 0 heterocycles. The second kappa shape index (κ2) is 6.23. The molecule has 0 atom stereocenters. The van der Waals surface area contributed by atoms with Crippen LogP contribution in [0.15, 0.2) is 24.3 Å². The number of aldehydes is 1. The van der Waals surface area contributed by atoms with Gasteiger partial charge in [-0.15, -0.1) is 0 Å². The van der Waals surface area contributed by atoms with Gasteiger partial charge in [0.05, 0.1) is 0 Å². The molecule has 2 nitrogen and oxygen atoms in total. The zero-order valence-corrected chi connectivity index (χ0v) is 9.59. The second-order valence-electron chi connectivity index (χ2n) is 3.10. The van der Waals surface area contributed by atoms with E-state index < -0.39 is 5.82 Å². The summed E-state index contributed by atoms with van der Waals surface area (Å²) in [6.45, 7) is 1.49. The normalized spacial score (nSPS) is 10.6. The van der Waals surface area contributed by atoms with Crippen molar-refractivity contribution in [2.24, 2.45) is 0 Å². The molecule has 1 aromatic carbocycles. The molecule has 0 aromatic heterocycles. The van der Waals surface area contributed by atoms with E-state index in [1.165, 1.54) is 36.9 Å². The first-order valence-corrected chi connectivity index (χ1v) is 5.66. The van der Waals surface area contributed by atoms with Gasteiger partial charge in [-0.3, -0.25) is 9.59 Å². The molecule has 0 spiro atoms. The van der Waals surface area contributed by atoms with Crippen LogP contribution in [0.5, 0.6) is 0 Å². The molecule has 0 fully saturated rings. The fourth-order valence-corrected chi connectivity index (χ4v) is 1.57. The molecule has 0 aliphatic carbocycles. The molecule has 0 unspecified atom stereocenters. The molecule has 0 saturated carbocycles. The number of rotatable bonds is 4. The minimum Gasteiger partial charge on any atom is -0.298 e. The molecule has 0 bridgehead atoms. The van der Waals surface area contributed by atoms with Crippen molar-refractivity contribution in [1.29, 1.82) is 0 Å². The van der Waals surface area contributed by atoms with Crippen LogP contribution >= 0.6 is 11.8 Å². The summed E-state index contributed by atoms with van der Waals surface area (Å²) in [5.74, 6) is 0.114. The summed E-state index contributed by atoms with van der Waals surface area (Å²) in [4.78, 5) is 21.3. The predicted octanol–water partition coefficient (Wildman–Crippen LogP) is 2.93. The largest absolute Gasteiger partial charge is 0.298 e. The fraction of sp³-hybridized carbons (Fsp3) is 0.167. The van der Waals surface area contributed by atoms with Crippen molar-refractivity contribution in [3.8, 4) is 0 Å². The third-order valence-corrected chi connectivity index (χ3v) is 2.62. The van der Waals surface area contributed by atoms with Crippen LogP contribution in [-0.2, 0) is 4.79 Å². The van der Waals surface area contributed by atoms with E-state index in [1.54, 1.807) is 12.2 Å². The van der Waals surface area contributed by atoms with E-state index in [9.17, 15) is 14.0 Å². The highest BCUT2D eigenvalue weighted by atomic mass is 32.2. The van der Waals surface area contributed by atoms with Crippen molar-refractivity contribution in [1.82, 2.24) is 0 Å². The molecule has 4 heteroatoms. The molecular weight excluding hydrogens is 227 g/mol. The van der Waals surface area contributed by atoms with E-state index in [0.717, 1.165) is 0 Å². The Morgan fingerprint density at radius 2 is 2.19 bits per heavy atom. The van der Waals surface area contributed by atoms with E-state index in [4.69, 9.17) is 0 Å². The van der Waals surface area contributed by atoms with E-state index >= 15 is 0 Å². The van der Waals surface area contributed by atoms with Crippen LogP contribution < -0.4 is 0 Å². The molecule has 0 aliphatic heterocycles. The average Bonchev–Trinajstić information content (AvgIpc) is 2.25. The third-order valence-electron chi connectivity index (χ3n) is 1.86. The first kappa shape index (κ1) is 12.6. The summed E-state index contributed by atoms with van der Waals surface area (Å²) < 4.78 is 12.8. The number of thioether (sulfide) groups is 1. The van der Waals surface area contributed by atoms with Crippen molar-refractivity contribution >= 4 is 29.2 Å². The van der Waals surface area contributed by atoms with E-state index in [-0.39, 0.29) is 5.12 Å². The second-order valence-corrected chi connectivity index (χ2v) is 4.29. The maximum Gasteiger partial charge on any atom is 0.186 e. The lowest BCUT2D eigenvalue weighted by molar-refractivity contribution is -0.109. The van der Waals surface area contributed by atoms with Crippen LogP contribution in [0.2, 0.25) is 0 Å². The van der Waals surface area contributed by atoms with Crippen LogP contribution in [0, 0.1) is 5.82 Å². The summed E-state index contributed by atoms with van der Waals surface area (Å²) >= 11 is 1.18. The first-order chi connectivity index (χ1) is 7.63. The molecule has 1 aromatic rings. The van der Waals surface area contributed by atoms with Crippen LogP contribution in [0.1, 0.15) is 22.8 Å². The van der Waals surface area contributed by atoms with Crippen LogP contribution in [-0.4, -0.2) is 17.2 Å². The van der Waals surface area contributed by atoms with Gasteiger partial charge in [-0.2, -0.15) is 0 Å². The van der Waals surface area contributed by atoms with Gasteiger partial charge >= 0.3 is 0 Å². The van der Waals surface area contributed by atoms with Crippen LogP contribution in [0.4, 0.5) is 4.39 Å². The quantitative estimate of drug-likeness (QED) is 0.756. The summed E-state index contributed by atoms with van der Waals surface area (Å²) in [6, 6.07) is 4.02. The number of hydrogen-bond acceptors (Lipinski definition) is 3. The zero-order chi connectivity index (χ0) is 12.0. The number of benzene rings is 1. The Morgan fingerprint density at radius 1 is 1.44 bits per heavy atom. The number of hydrogen-bond donors (Lipinski definition) is 0. The third kappa shape index (κ3) is 3.98. The van der Waals surface area contributed by atoms with Crippen LogP contribution in [0.25, 0.3) is 6.08 Å². The Balaban J connectivity index is 2.72. The highest BCUT2D eigenvalue weighted by Gasteiger charge is 1.99. The van der Waals surface area contributed by atoms with E-state index in [0.29, 0.717) is 23.2 Å². The molecule has 16 heavy (non-hydrogen) atoms. The topological polar surface area (TPSA) is 34.1 Å². The van der Waals surface area contributed by atoms with Gasteiger partial charge in [0.1, 0.15) is 5.82 Å². The molecule has 0 N–H and O–H groups in total. The number of carbonyl (C=O) groups excluding carboxylic acids is 2. The Bertz CT molecular complexity index is 427. The minimum atomic E-state index is -0.433. The Kier molecular flexibility index (Phi) is 4.92. The molecule has 1 rings (SSSR count). The van der Waals surface area contributed by atoms with E-state index in [2.05, 4.69) is 0 Å². The van der Waals surface area contributed by atoms with Gasteiger partial charge in [0.25, 0.3) is 0 Å². The predicted molar refractivity (Wildman–Crippen MR) is 64.0 cm³/mol. The monoisotopic (exact) mass is 238 g/mol. The van der Waals surface area contributed by atoms with Gasteiger partial charge < -0.3 is 0 Å². The number of halogens is 1. The molecular formula is C12H11FO2S. The van der Waals surface area contributed by atoms with Crippen molar-refractivity contribution in [2.75, 3.05) is 5.75 Å². The Hall–Kier alpha value is -1.42. The molecule has 0 radical (unpaired) electrons. The highest BCUT2D eigenvalue weighted by Crippen LogP contribution is 2.12. The van der Waals surface area contributed by atoms with Gasteiger partial charge in [-0.25, -0.2) is 4.39 Å².